The van der Waals surface area contributed by atoms with Gasteiger partial charge in [-0.3, -0.25) is 0 Å². The summed E-state index contributed by atoms with van der Waals surface area (Å²) in [6.45, 7) is 3.32. The Morgan fingerprint density at radius 2 is 2.38 bits per heavy atom. The number of hydrogen-bond donors (Lipinski definition) is 1. The zero-order valence-electron chi connectivity index (χ0n) is 10.5. The van der Waals surface area contributed by atoms with Gasteiger partial charge in [0.1, 0.15) is 5.76 Å². The molecule has 1 aliphatic carbocycles. The fraction of sp³-hybridized carbons (Fsp3) is 0.692. The summed E-state index contributed by atoms with van der Waals surface area (Å²) in [6.07, 6.45) is 5.38. The molecule has 1 aromatic heterocycles. The van der Waals surface area contributed by atoms with Crippen LogP contribution in [0.3, 0.4) is 0 Å². The molecule has 3 heteroatoms. The highest BCUT2D eigenvalue weighted by molar-refractivity contribution is 5.24. The van der Waals surface area contributed by atoms with Crippen molar-refractivity contribution in [1.82, 2.24) is 10.2 Å². The molecule has 3 nitrogen and oxygen atoms in total. The standard InChI is InChI=1S/C13H22N2O/c1-10(9-15(2)3)14-12-5-4-6-13-11(12)7-8-16-13/h7-8,10,12,14H,4-6,9H2,1-3H3. The monoisotopic (exact) mass is 222 g/mol. The summed E-state index contributed by atoms with van der Waals surface area (Å²) in [5.41, 5.74) is 1.37. The molecule has 0 saturated heterocycles. The Morgan fingerprint density at radius 1 is 1.56 bits per heavy atom. The first-order chi connectivity index (χ1) is 7.66. The van der Waals surface area contributed by atoms with Crippen LogP contribution in [0.15, 0.2) is 16.7 Å². The van der Waals surface area contributed by atoms with E-state index >= 15 is 0 Å². The maximum Gasteiger partial charge on any atom is 0.108 e. The van der Waals surface area contributed by atoms with Crippen LogP contribution >= 0.6 is 0 Å². The molecule has 0 amide bonds. The molecule has 0 saturated carbocycles. The average molecular weight is 222 g/mol. The number of furan rings is 1. The molecular weight excluding hydrogens is 200 g/mol. The van der Waals surface area contributed by atoms with Crippen molar-refractivity contribution in [2.75, 3.05) is 20.6 Å². The van der Waals surface area contributed by atoms with Crippen molar-refractivity contribution >= 4 is 0 Å². The molecule has 0 aliphatic heterocycles. The molecule has 1 N–H and O–H groups in total. The Balaban J connectivity index is 1.97. The van der Waals surface area contributed by atoms with E-state index in [9.17, 15) is 0 Å². The predicted octanol–water partition coefficient (Wildman–Crippen LogP) is 2.20. The highest BCUT2D eigenvalue weighted by atomic mass is 16.3. The summed E-state index contributed by atoms with van der Waals surface area (Å²) < 4.78 is 5.50. The van der Waals surface area contributed by atoms with Crippen LogP contribution in [0.4, 0.5) is 0 Å². The third kappa shape index (κ3) is 2.66. The van der Waals surface area contributed by atoms with Gasteiger partial charge in [-0.1, -0.05) is 0 Å². The number of fused-ring (bicyclic) bond motifs is 1. The zero-order chi connectivity index (χ0) is 11.5. The molecule has 0 bridgehead atoms. The highest BCUT2D eigenvalue weighted by Crippen LogP contribution is 2.30. The SMILES string of the molecule is CC(CN(C)C)NC1CCCc2occc21. The van der Waals surface area contributed by atoms with Crippen LogP contribution < -0.4 is 5.32 Å². The smallest absolute Gasteiger partial charge is 0.108 e. The van der Waals surface area contributed by atoms with E-state index in [0.717, 1.165) is 13.0 Å². The third-order valence-corrected chi connectivity index (χ3v) is 3.18. The van der Waals surface area contributed by atoms with Crippen molar-refractivity contribution in [3.8, 4) is 0 Å². The molecule has 1 aromatic rings. The van der Waals surface area contributed by atoms with E-state index in [0.29, 0.717) is 12.1 Å². The quantitative estimate of drug-likeness (QED) is 0.846. The average Bonchev–Trinajstić information content (AvgIpc) is 2.65. The molecular formula is C13H22N2O. The van der Waals surface area contributed by atoms with E-state index in [4.69, 9.17) is 4.42 Å². The normalized spacial score (nSPS) is 22.1. The summed E-state index contributed by atoms with van der Waals surface area (Å²) in [4.78, 5) is 2.22. The van der Waals surface area contributed by atoms with Crippen LogP contribution in [0.5, 0.6) is 0 Å². The summed E-state index contributed by atoms with van der Waals surface area (Å²) >= 11 is 0. The zero-order valence-corrected chi connectivity index (χ0v) is 10.5. The van der Waals surface area contributed by atoms with Gasteiger partial charge in [0.2, 0.25) is 0 Å². The maximum absolute atomic E-state index is 5.50. The van der Waals surface area contributed by atoms with E-state index in [1.54, 1.807) is 0 Å². The molecule has 0 fully saturated rings. The second-order valence-electron chi connectivity index (χ2n) is 5.07. The first-order valence-corrected chi connectivity index (χ1v) is 6.14. The van der Waals surface area contributed by atoms with Crippen LogP contribution in [0.2, 0.25) is 0 Å². The molecule has 2 rings (SSSR count). The first kappa shape index (κ1) is 11.7. The Hall–Kier alpha value is -0.800. The summed E-state index contributed by atoms with van der Waals surface area (Å²) in [7, 11) is 4.23. The van der Waals surface area contributed by atoms with Gasteiger partial charge in [-0.15, -0.1) is 0 Å². The third-order valence-electron chi connectivity index (χ3n) is 3.18. The minimum atomic E-state index is 0.484. The van der Waals surface area contributed by atoms with Gasteiger partial charge in [0, 0.05) is 30.6 Å². The van der Waals surface area contributed by atoms with Gasteiger partial charge in [0.15, 0.2) is 0 Å². The van der Waals surface area contributed by atoms with Crippen LogP contribution in [0, 0.1) is 0 Å². The van der Waals surface area contributed by atoms with Crippen LogP contribution in [0.25, 0.3) is 0 Å². The lowest BCUT2D eigenvalue weighted by molar-refractivity contribution is 0.312. The van der Waals surface area contributed by atoms with Crippen LogP contribution in [-0.2, 0) is 6.42 Å². The number of hydrogen-bond acceptors (Lipinski definition) is 3. The van der Waals surface area contributed by atoms with Gasteiger partial charge in [0.05, 0.1) is 6.26 Å². The number of rotatable bonds is 4. The Labute approximate surface area is 97.8 Å². The van der Waals surface area contributed by atoms with Crippen molar-refractivity contribution in [2.24, 2.45) is 0 Å². The number of nitrogens with one attached hydrogen (secondary N) is 1. The fourth-order valence-electron chi connectivity index (χ4n) is 2.60. The number of aryl methyl sites for hydroxylation is 1. The van der Waals surface area contributed by atoms with E-state index in [1.165, 1.54) is 24.2 Å². The molecule has 1 heterocycles. The van der Waals surface area contributed by atoms with Crippen LogP contribution in [0.1, 0.15) is 37.1 Å². The maximum atomic E-state index is 5.50. The summed E-state index contributed by atoms with van der Waals surface area (Å²) in [5.74, 6) is 1.18. The molecule has 0 spiro atoms. The lowest BCUT2D eigenvalue weighted by Crippen LogP contribution is -2.38. The number of nitrogens with zero attached hydrogens (tertiary/aromatic N) is 1. The first-order valence-electron chi connectivity index (χ1n) is 6.14. The summed E-state index contributed by atoms with van der Waals surface area (Å²) in [5, 5.41) is 3.69. The number of likely N-dealkylation sites (N-methyl/N-ethyl adjacent to an activating group) is 1. The molecule has 16 heavy (non-hydrogen) atoms. The van der Waals surface area contributed by atoms with E-state index in [-0.39, 0.29) is 0 Å². The van der Waals surface area contributed by atoms with Gasteiger partial charge < -0.3 is 14.6 Å². The minimum absolute atomic E-state index is 0.484. The Kier molecular flexibility index (Phi) is 3.66. The fourth-order valence-corrected chi connectivity index (χ4v) is 2.60. The Morgan fingerprint density at radius 3 is 3.12 bits per heavy atom. The van der Waals surface area contributed by atoms with E-state index < -0.39 is 0 Å². The molecule has 0 aromatic carbocycles. The topological polar surface area (TPSA) is 28.4 Å². The molecule has 1 aliphatic rings. The lowest BCUT2D eigenvalue weighted by atomic mass is 9.93. The van der Waals surface area contributed by atoms with Gasteiger partial charge in [0.25, 0.3) is 0 Å². The molecule has 90 valence electrons. The van der Waals surface area contributed by atoms with Crippen molar-refractivity contribution in [3.05, 3.63) is 23.7 Å². The van der Waals surface area contributed by atoms with Crippen LogP contribution in [-0.4, -0.2) is 31.6 Å². The van der Waals surface area contributed by atoms with Crippen molar-refractivity contribution in [2.45, 2.75) is 38.3 Å². The minimum Gasteiger partial charge on any atom is -0.469 e. The largest absolute Gasteiger partial charge is 0.469 e. The second kappa shape index (κ2) is 5.02. The summed E-state index contributed by atoms with van der Waals surface area (Å²) in [6, 6.07) is 3.12. The van der Waals surface area contributed by atoms with Crippen molar-refractivity contribution in [1.29, 1.82) is 0 Å². The van der Waals surface area contributed by atoms with Crippen molar-refractivity contribution < 1.29 is 4.42 Å². The van der Waals surface area contributed by atoms with Gasteiger partial charge in [-0.05, 0) is 39.9 Å². The van der Waals surface area contributed by atoms with Gasteiger partial charge >= 0.3 is 0 Å². The predicted molar refractivity (Wildman–Crippen MR) is 65.5 cm³/mol. The van der Waals surface area contributed by atoms with Crippen molar-refractivity contribution in [3.63, 3.8) is 0 Å². The molecule has 2 atom stereocenters. The molecule has 0 radical (unpaired) electrons. The van der Waals surface area contributed by atoms with E-state index in [2.05, 4.69) is 37.3 Å². The van der Waals surface area contributed by atoms with E-state index in [1.807, 2.05) is 6.26 Å². The second-order valence-corrected chi connectivity index (χ2v) is 5.07. The molecule has 2 unspecified atom stereocenters. The van der Waals surface area contributed by atoms with Gasteiger partial charge in [-0.2, -0.15) is 0 Å². The Bertz CT molecular complexity index is 332. The van der Waals surface area contributed by atoms with Gasteiger partial charge in [-0.25, -0.2) is 0 Å². The highest BCUT2D eigenvalue weighted by Gasteiger charge is 2.23. The lowest BCUT2D eigenvalue weighted by Gasteiger charge is -2.27.